The monoisotopic (exact) mass is 276 g/mol. The molecule has 0 unspecified atom stereocenters. The highest BCUT2D eigenvalue weighted by atomic mass is 16.6. The summed E-state index contributed by atoms with van der Waals surface area (Å²) in [5.74, 6) is 0.937. The number of amides is 1. The predicted octanol–water partition coefficient (Wildman–Crippen LogP) is 1.59. The number of hydrogen-bond acceptors (Lipinski definition) is 5. The zero-order valence-electron chi connectivity index (χ0n) is 11.8. The number of carbonyl (C=O) groups excluding carboxylic acids is 1. The van der Waals surface area contributed by atoms with Crippen LogP contribution < -0.4 is 4.90 Å². The molecule has 0 bridgehead atoms. The van der Waals surface area contributed by atoms with Crippen LogP contribution in [0.3, 0.4) is 0 Å². The molecule has 20 heavy (non-hydrogen) atoms. The SMILES string of the molecule is CCOC(=O)N1CCc2nnc(N3CCCC3)cc2C1. The number of carbonyl (C=O) groups is 1. The van der Waals surface area contributed by atoms with Gasteiger partial charge in [0.05, 0.1) is 18.8 Å². The maximum absolute atomic E-state index is 11.8. The highest BCUT2D eigenvalue weighted by Gasteiger charge is 2.24. The number of ether oxygens (including phenoxy) is 1. The van der Waals surface area contributed by atoms with Crippen molar-refractivity contribution >= 4 is 11.9 Å². The second-order valence-electron chi connectivity index (χ2n) is 5.24. The van der Waals surface area contributed by atoms with Gasteiger partial charge in [0.1, 0.15) is 0 Å². The van der Waals surface area contributed by atoms with Gasteiger partial charge in [-0.05, 0) is 31.4 Å². The molecule has 1 aromatic heterocycles. The quantitative estimate of drug-likeness (QED) is 0.821. The molecule has 6 heteroatoms. The molecule has 0 N–H and O–H groups in total. The van der Waals surface area contributed by atoms with Crippen molar-refractivity contribution in [1.82, 2.24) is 15.1 Å². The summed E-state index contributed by atoms with van der Waals surface area (Å²) in [4.78, 5) is 15.8. The Bertz CT molecular complexity index is 500. The number of fused-ring (bicyclic) bond motifs is 1. The van der Waals surface area contributed by atoms with Crippen molar-refractivity contribution in [3.63, 3.8) is 0 Å². The Morgan fingerprint density at radius 2 is 2.10 bits per heavy atom. The minimum atomic E-state index is -0.238. The van der Waals surface area contributed by atoms with E-state index in [0.717, 1.165) is 36.6 Å². The molecule has 108 valence electrons. The van der Waals surface area contributed by atoms with E-state index < -0.39 is 0 Å². The normalized spacial score (nSPS) is 18.1. The first-order chi connectivity index (χ1) is 9.78. The number of rotatable bonds is 2. The van der Waals surface area contributed by atoms with Crippen molar-refractivity contribution in [1.29, 1.82) is 0 Å². The summed E-state index contributed by atoms with van der Waals surface area (Å²) in [6, 6.07) is 2.08. The van der Waals surface area contributed by atoms with Crippen molar-refractivity contribution in [2.75, 3.05) is 31.1 Å². The lowest BCUT2D eigenvalue weighted by molar-refractivity contribution is 0.102. The van der Waals surface area contributed by atoms with Crippen LogP contribution in [0.2, 0.25) is 0 Å². The summed E-state index contributed by atoms with van der Waals surface area (Å²) in [6.45, 7) is 5.57. The third-order valence-electron chi connectivity index (χ3n) is 3.88. The van der Waals surface area contributed by atoms with Gasteiger partial charge in [-0.15, -0.1) is 5.10 Å². The van der Waals surface area contributed by atoms with Gasteiger partial charge in [0.2, 0.25) is 0 Å². The van der Waals surface area contributed by atoms with E-state index >= 15 is 0 Å². The summed E-state index contributed by atoms with van der Waals surface area (Å²) in [6.07, 6.45) is 2.95. The molecule has 0 saturated carbocycles. The van der Waals surface area contributed by atoms with Gasteiger partial charge in [-0.1, -0.05) is 0 Å². The van der Waals surface area contributed by atoms with Crippen LogP contribution in [-0.2, 0) is 17.7 Å². The van der Waals surface area contributed by atoms with E-state index in [2.05, 4.69) is 21.2 Å². The first-order valence-electron chi connectivity index (χ1n) is 7.30. The van der Waals surface area contributed by atoms with Gasteiger partial charge in [0.25, 0.3) is 0 Å². The third-order valence-corrected chi connectivity index (χ3v) is 3.88. The van der Waals surface area contributed by atoms with Crippen LogP contribution in [0.1, 0.15) is 31.0 Å². The average molecular weight is 276 g/mol. The molecular weight excluding hydrogens is 256 g/mol. The zero-order valence-corrected chi connectivity index (χ0v) is 11.8. The Hall–Kier alpha value is -1.85. The molecule has 6 nitrogen and oxygen atoms in total. The number of anilines is 1. The van der Waals surface area contributed by atoms with Crippen LogP contribution in [0.25, 0.3) is 0 Å². The van der Waals surface area contributed by atoms with Crippen molar-refractivity contribution in [2.24, 2.45) is 0 Å². The van der Waals surface area contributed by atoms with Gasteiger partial charge in [-0.25, -0.2) is 4.79 Å². The van der Waals surface area contributed by atoms with Crippen LogP contribution in [0.5, 0.6) is 0 Å². The van der Waals surface area contributed by atoms with E-state index in [1.165, 1.54) is 12.8 Å². The summed E-state index contributed by atoms with van der Waals surface area (Å²) in [5.41, 5.74) is 2.11. The minimum Gasteiger partial charge on any atom is -0.450 e. The third kappa shape index (κ3) is 2.55. The number of aromatic nitrogens is 2. The van der Waals surface area contributed by atoms with Crippen molar-refractivity contribution in [3.8, 4) is 0 Å². The summed E-state index contributed by atoms with van der Waals surface area (Å²) < 4.78 is 5.07. The Balaban J connectivity index is 1.76. The molecule has 1 saturated heterocycles. The standard InChI is InChI=1S/C14H20N4O2/c1-2-20-14(19)18-8-5-12-11(10-18)9-13(16-15-12)17-6-3-4-7-17/h9H,2-8,10H2,1H3. The van der Waals surface area contributed by atoms with Crippen LogP contribution in [-0.4, -0.2) is 47.4 Å². The van der Waals surface area contributed by atoms with Gasteiger partial charge in [-0.2, -0.15) is 5.10 Å². The summed E-state index contributed by atoms with van der Waals surface area (Å²) in [5, 5.41) is 8.65. The van der Waals surface area contributed by atoms with E-state index in [-0.39, 0.29) is 6.09 Å². The lowest BCUT2D eigenvalue weighted by atomic mass is 10.1. The molecule has 0 radical (unpaired) electrons. The molecule has 1 fully saturated rings. The van der Waals surface area contributed by atoms with Crippen molar-refractivity contribution in [2.45, 2.75) is 32.7 Å². The van der Waals surface area contributed by atoms with E-state index in [1.54, 1.807) is 4.90 Å². The molecule has 0 atom stereocenters. The molecular formula is C14H20N4O2. The number of hydrogen-bond donors (Lipinski definition) is 0. The van der Waals surface area contributed by atoms with Gasteiger partial charge in [0, 0.05) is 26.1 Å². The molecule has 3 heterocycles. The first-order valence-corrected chi connectivity index (χ1v) is 7.30. The Labute approximate surface area is 118 Å². The molecule has 0 aromatic carbocycles. The highest BCUT2D eigenvalue weighted by molar-refractivity contribution is 5.68. The Morgan fingerprint density at radius 1 is 1.30 bits per heavy atom. The van der Waals surface area contributed by atoms with Crippen molar-refractivity contribution < 1.29 is 9.53 Å². The van der Waals surface area contributed by atoms with E-state index in [4.69, 9.17) is 4.74 Å². The molecule has 2 aliphatic heterocycles. The molecule has 0 spiro atoms. The lowest BCUT2D eigenvalue weighted by Gasteiger charge is -2.28. The van der Waals surface area contributed by atoms with Crippen LogP contribution >= 0.6 is 0 Å². The van der Waals surface area contributed by atoms with Gasteiger partial charge < -0.3 is 14.5 Å². The maximum Gasteiger partial charge on any atom is 0.410 e. The smallest absolute Gasteiger partial charge is 0.410 e. The van der Waals surface area contributed by atoms with Crippen molar-refractivity contribution in [3.05, 3.63) is 17.3 Å². The van der Waals surface area contributed by atoms with Crippen LogP contribution in [0.15, 0.2) is 6.07 Å². The van der Waals surface area contributed by atoms with Gasteiger partial charge >= 0.3 is 6.09 Å². The van der Waals surface area contributed by atoms with E-state index in [1.807, 2.05) is 6.92 Å². The summed E-state index contributed by atoms with van der Waals surface area (Å²) >= 11 is 0. The lowest BCUT2D eigenvalue weighted by Crippen LogP contribution is -2.37. The Kier molecular flexibility index (Phi) is 3.71. The van der Waals surface area contributed by atoms with Crippen LogP contribution in [0, 0.1) is 0 Å². The molecule has 1 amide bonds. The zero-order chi connectivity index (χ0) is 13.9. The molecule has 3 rings (SSSR count). The second-order valence-corrected chi connectivity index (χ2v) is 5.24. The predicted molar refractivity (Wildman–Crippen MR) is 74.6 cm³/mol. The fraction of sp³-hybridized carbons (Fsp3) is 0.643. The van der Waals surface area contributed by atoms with Crippen LogP contribution in [0.4, 0.5) is 10.6 Å². The fourth-order valence-corrected chi connectivity index (χ4v) is 2.79. The second kappa shape index (κ2) is 5.64. The first kappa shape index (κ1) is 13.1. The molecule has 2 aliphatic rings. The Morgan fingerprint density at radius 3 is 2.85 bits per heavy atom. The minimum absolute atomic E-state index is 0.238. The highest BCUT2D eigenvalue weighted by Crippen LogP contribution is 2.23. The van der Waals surface area contributed by atoms with Gasteiger partial charge in [-0.3, -0.25) is 0 Å². The van der Waals surface area contributed by atoms with E-state index in [9.17, 15) is 4.79 Å². The molecule has 0 aliphatic carbocycles. The van der Waals surface area contributed by atoms with E-state index in [0.29, 0.717) is 19.7 Å². The molecule has 1 aromatic rings. The van der Waals surface area contributed by atoms with Gasteiger partial charge in [0.15, 0.2) is 5.82 Å². The average Bonchev–Trinajstić information content (AvgIpc) is 3.00. The number of nitrogens with zero attached hydrogens (tertiary/aromatic N) is 4. The largest absolute Gasteiger partial charge is 0.450 e. The summed E-state index contributed by atoms with van der Waals surface area (Å²) in [7, 11) is 0. The topological polar surface area (TPSA) is 58.6 Å². The fourth-order valence-electron chi connectivity index (χ4n) is 2.79. The maximum atomic E-state index is 11.8.